The molecule has 2 fully saturated rings. The van der Waals surface area contributed by atoms with Crippen LogP contribution >= 0.6 is 0 Å². The van der Waals surface area contributed by atoms with Gasteiger partial charge in [-0.05, 0) is 49.3 Å². The molecule has 2 aromatic rings. The number of nitrogen functional groups attached to an aromatic ring is 1. The van der Waals surface area contributed by atoms with Crippen LogP contribution in [0.15, 0.2) is 29.1 Å². The van der Waals surface area contributed by atoms with Crippen LogP contribution in [0.2, 0.25) is 0 Å². The molecule has 8 nitrogen and oxygen atoms in total. The molecular formula is C23H32N4O4. The van der Waals surface area contributed by atoms with E-state index in [9.17, 15) is 4.79 Å². The summed E-state index contributed by atoms with van der Waals surface area (Å²) in [6.45, 7) is 5.67. The van der Waals surface area contributed by atoms with E-state index in [-0.39, 0.29) is 16.8 Å². The summed E-state index contributed by atoms with van der Waals surface area (Å²) in [7, 11) is 3.40. The Hall–Kier alpha value is -2.58. The van der Waals surface area contributed by atoms with Gasteiger partial charge in [0.2, 0.25) is 5.95 Å². The molecule has 0 aliphatic carbocycles. The van der Waals surface area contributed by atoms with E-state index >= 15 is 0 Å². The molecule has 0 amide bonds. The van der Waals surface area contributed by atoms with Crippen molar-refractivity contribution >= 4 is 11.8 Å². The number of hydrogen-bond acceptors (Lipinski definition) is 7. The Morgan fingerprint density at radius 2 is 1.94 bits per heavy atom. The van der Waals surface area contributed by atoms with Gasteiger partial charge in [0.1, 0.15) is 18.2 Å². The lowest BCUT2D eigenvalue weighted by Gasteiger charge is -2.39. The van der Waals surface area contributed by atoms with Crippen molar-refractivity contribution in [2.75, 3.05) is 50.7 Å². The van der Waals surface area contributed by atoms with Gasteiger partial charge < -0.3 is 24.8 Å². The number of nitrogens with zero attached hydrogens (tertiary/aromatic N) is 3. The van der Waals surface area contributed by atoms with E-state index in [4.69, 9.17) is 19.9 Å². The predicted octanol–water partition coefficient (Wildman–Crippen LogP) is 2.45. The normalized spacial score (nSPS) is 20.4. The number of aromatic nitrogens is 2. The summed E-state index contributed by atoms with van der Waals surface area (Å²) < 4.78 is 18.0. The Morgan fingerprint density at radius 1 is 1.23 bits per heavy atom. The van der Waals surface area contributed by atoms with Crippen LogP contribution in [0.1, 0.15) is 26.2 Å². The van der Waals surface area contributed by atoms with Gasteiger partial charge >= 0.3 is 0 Å². The second-order valence-corrected chi connectivity index (χ2v) is 8.71. The van der Waals surface area contributed by atoms with Gasteiger partial charge in [0, 0.05) is 27.2 Å². The molecule has 2 saturated heterocycles. The molecule has 0 saturated carbocycles. The van der Waals surface area contributed by atoms with Gasteiger partial charge in [-0.1, -0.05) is 12.1 Å². The summed E-state index contributed by atoms with van der Waals surface area (Å²) in [5.41, 5.74) is 7.55. The molecule has 0 bridgehead atoms. The molecule has 2 aliphatic rings. The Labute approximate surface area is 182 Å². The fourth-order valence-corrected chi connectivity index (χ4v) is 4.70. The Kier molecular flexibility index (Phi) is 6.20. The Balaban J connectivity index is 1.52. The van der Waals surface area contributed by atoms with Crippen LogP contribution in [0.5, 0.6) is 5.75 Å². The van der Waals surface area contributed by atoms with Crippen LogP contribution < -0.4 is 20.9 Å². The smallest absolute Gasteiger partial charge is 0.264 e. The lowest BCUT2D eigenvalue weighted by molar-refractivity contribution is 0.0974. The standard InChI is InChI=1S/C23H32N4O4/c1-16-14-23(15-31-16)8-10-27(11-9-23)22-25-20(24)19(21(28)26(22)2)17-4-6-18(7-5-17)30-13-12-29-3/h4-7,16H,8-15,24H2,1-3H3/t16-/m0/s1. The highest BCUT2D eigenvalue weighted by Gasteiger charge is 2.41. The van der Waals surface area contributed by atoms with Gasteiger partial charge in [0.15, 0.2) is 0 Å². The second-order valence-electron chi connectivity index (χ2n) is 8.71. The summed E-state index contributed by atoms with van der Waals surface area (Å²) >= 11 is 0. The monoisotopic (exact) mass is 428 g/mol. The maximum atomic E-state index is 13.2. The third-order valence-corrected chi connectivity index (χ3v) is 6.50. The molecule has 1 spiro atoms. The molecule has 4 rings (SSSR count). The number of methoxy groups -OCH3 is 1. The SMILES string of the molecule is COCCOc1ccc(-c2c(N)nc(N3CCC4(CC3)CO[C@@H](C)C4)n(C)c2=O)cc1. The highest BCUT2D eigenvalue weighted by atomic mass is 16.5. The summed E-state index contributed by atoms with van der Waals surface area (Å²) in [5, 5.41) is 0. The van der Waals surface area contributed by atoms with Crippen LogP contribution in [0.25, 0.3) is 11.1 Å². The summed E-state index contributed by atoms with van der Waals surface area (Å²) in [6.07, 6.45) is 3.53. The van der Waals surface area contributed by atoms with E-state index in [1.165, 1.54) is 0 Å². The van der Waals surface area contributed by atoms with E-state index in [1.807, 2.05) is 24.3 Å². The predicted molar refractivity (Wildman–Crippen MR) is 121 cm³/mol. The van der Waals surface area contributed by atoms with Crippen molar-refractivity contribution in [3.63, 3.8) is 0 Å². The Bertz CT molecular complexity index is 965. The first-order valence-corrected chi connectivity index (χ1v) is 10.9. The van der Waals surface area contributed by atoms with Crippen LogP contribution in [0, 0.1) is 5.41 Å². The summed E-state index contributed by atoms with van der Waals surface area (Å²) in [6, 6.07) is 7.32. The molecule has 2 aliphatic heterocycles. The van der Waals surface area contributed by atoms with Crippen LogP contribution in [-0.4, -0.2) is 55.7 Å². The number of hydrogen-bond donors (Lipinski definition) is 1. The molecule has 1 aromatic heterocycles. The highest BCUT2D eigenvalue weighted by Crippen LogP contribution is 2.42. The number of piperidine rings is 1. The average Bonchev–Trinajstić information content (AvgIpc) is 3.13. The molecule has 0 radical (unpaired) electrons. The van der Waals surface area contributed by atoms with Crippen molar-refractivity contribution < 1.29 is 14.2 Å². The zero-order valence-electron chi connectivity index (χ0n) is 18.6. The average molecular weight is 429 g/mol. The fourth-order valence-electron chi connectivity index (χ4n) is 4.70. The van der Waals surface area contributed by atoms with E-state index < -0.39 is 0 Å². The fraction of sp³-hybridized carbons (Fsp3) is 0.565. The first kappa shape index (κ1) is 21.6. The van der Waals surface area contributed by atoms with Crippen molar-refractivity contribution in [2.45, 2.75) is 32.3 Å². The van der Waals surface area contributed by atoms with Gasteiger partial charge in [-0.15, -0.1) is 0 Å². The first-order valence-electron chi connectivity index (χ1n) is 10.9. The lowest BCUT2D eigenvalue weighted by atomic mass is 9.77. The third kappa shape index (κ3) is 4.41. The largest absolute Gasteiger partial charge is 0.491 e. The number of anilines is 2. The minimum atomic E-state index is -0.145. The van der Waals surface area contributed by atoms with Gasteiger partial charge in [-0.25, -0.2) is 0 Å². The van der Waals surface area contributed by atoms with E-state index in [2.05, 4.69) is 16.8 Å². The second kappa shape index (κ2) is 8.88. The van der Waals surface area contributed by atoms with E-state index in [1.54, 1.807) is 18.7 Å². The maximum Gasteiger partial charge on any atom is 0.264 e. The molecule has 168 valence electrons. The van der Waals surface area contributed by atoms with Gasteiger partial charge in [-0.2, -0.15) is 4.98 Å². The third-order valence-electron chi connectivity index (χ3n) is 6.50. The molecule has 0 unspecified atom stereocenters. The molecule has 3 heterocycles. The zero-order chi connectivity index (χ0) is 22.0. The van der Waals surface area contributed by atoms with Crippen LogP contribution in [0.3, 0.4) is 0 Å². The topological polar surface area (TPSA) is 91.8 Å². The zero-order valence-corrected chi connectivity index (χ0v) is 18.6. The van der Waals surface area contributed by atoms with Gasteiger partial charge in [0.25, 0.3) is 5.56 Å². The summed E-state index contributed by atoms with van der Waals surface area (Å²) in [4.78, 5) is 20.0. The number of rotatable bonds is 6. The van der Waals surface area contributed by atoms with E-state index in [0.717, 1.165) is 44.5 Å². The molecule has 1 aromatic carbocycles. The number of benzene rings is 1. The minimum Gasteiger partial charge on any atom is -0.491 e. The van der Waals surface area contributed by atoms with Gasteiger partial charge in [0.05, 0.1) is 24.9 Å². The van der Waals surface area contributed by atoms with Crippen LogP contribution in [-0.2, 0) is 16.5 Å². The lowest BCUT2D eigenvalue weighted by Crippen LogP contribution is -2.43. The van der Waals surface area contributed by atoms with Crippen molar-refractivity contribution in [2.24, 2.45) is 12.5 Å². The molecule has 1 atom stereocenters. The summed E-state index contributed by atoms with van der Waals surface area (Å²) in [5.74, 6) is 1.60. The quantitative estimate of drug-likeness (QED) is 0.707. The number of nitrogens with two attached hydrogens (primary N) is 1. The Morgan fingerprint density at radius 3 is 2.55 bits per heavy atom. The van der Waals surface area contributed by atoms with E-state index in [0.29, 0.717) is 36.6 Å². The molecule has 8 heteroatoms. The van der Waals surface area contributed by atoms with Crippen molar-refractivity contribution in [3.05, 3.63) is 34.6 Å². The molecule has 2 N–H and O–H groups in total. The highest BCUT2D eigenvalue weighted by molar-refractivity contribution is 5.74. The first-order chi connectivity index (χ1) is 14.9. The number of ether oxygens (including phenoxy) is 3. The maximum absolute atomic E-state index is 13.2. The van der Waals surface area contributed by atoms with Gasteiger partial charge in [-0.3, -0.25) is 9.36 Å². The molecular weight excluding hydrogens is 396 g/mol. The molecule has 31 heavy (non-hydrogen) atoms. The van der Waals surface area contributed by atoms with Crippen molar-refractivity contribution in [1.82, 2.24) is 9.55 Å². The minimum absolute atomic E-state index is 0.145. The van der Waals surface area contributed by atoms with Crippen molar-refractivity contribution in [1.29, 1.82) is 0 Å². The van der Waals surface area contributed by atoms with Crippen molar-refractivity contribution in [3.8, 4) is 16.9 Å². The van der Waals surface area contributed by atoms with Crippen LogP contribution in [0.4, 0.5) is 11.8 Å².